The number of carboxylic acids is 2. The standard InChI is InChI=1S/C13H12N2O5S2/c1-14-11(18)6-2-3-8-7(4-6)15-13(21-8)22-9(12(19)20)5-10(16)17/h2-4,9H,5H2,1H3,(H,14,18)(H,16,17)(H,19,20). The first-order chi connectivity index (χ1) is 10.4. The number of carboxylic acid groups (broad SMARTS) is 2. The molecule has 9 heteroatoms. The van der Waals surface area contributed by atoms with E-state index in [-0.39, 0.29) is 5.91 Å². The molecule has 0 fully saturated rings. The molecule has 1 aromatic carbocycles. The minimum absolute atomic E-state index is 0.238. The minimum atomic E-state index is -1.20. The Morgan fingerprint density at radius 1 is 1.36 bits per heavy atom. The van der Waals surface area contributed by atoms with Crippen molar-refractivity contribution >= 4 is 51.2 Å². The summed E-state index contributed by atoms with van der Waals surface area (Å²) in [7, 11) is 1.53. The molecule has 2 aromatic rings. The van der Waals surface area contributed by atoms with E-state index in [1.165, 1.54) is 18.4 Å². The Kier molecular flexibility index (Phi) is 4.99. The predicted octanol–water partition coefficient (Wildman–Crippen LogP) is 1.68. The van der Waals surface area contributed by atoms with Gasteiger partial charge in [0.1, 0.15) is 5.25 Å². The summed E-state index contributed by atoms with van der Waals surface area (Å²) in [6.07, 6.45) is -0.487. The maximum atomic E-state index is 11.6. The Hall–Kier alpha value is -2.13. The largest absolute Gasteiger partial charge is 0.481 e. The molecule has 1 heterocycles. The number of carbonyl (C=O) groups excluding carboxylic acids is 1. The van der Waals surface area contributed by atoms with E-state index in [2.05, 4.69) is 10.3 Å². The van der Waals surface area contributed by atoms with Crippen LogP contribution in [0, 0.1) is 0 Å². The molecule has 1 aromatic heterocycles. The Labute approximate surface area is 133 Å². The minimum Gasteiger partial charge on any atom is -0.481 e. The molecule has 0 aliphatic heterocycles. The lowest BCUT2D eigenvalue weighted by Gasteiger charge is -2.06. The van der Waals surface area contributed by atoms with Crippen molar-refractivity contribution in [3.05, 3.63) is 23.8 Å². The molecular weight excluding hydrogens is 328 g/mol. The maximum Gasteiger partial charge on any atom is 0.317 e. The van der Waals surface area contributed by atoms with Gasteiger partial charge in [0, 0.05) is 12.6 Å². The van der Waals surface area contributed by atoms with E-state index >= 15 is 0 Å². The highest BCUT2D eigenvalue weighted by Crippen LogP contribution is 2.33. The number of hydrogen-bond donors (Lipinski definition) is 3. The number of benzene rings is 1. The second-order valence-electron chi connectivity index (χ2n) is 4.28. The van der Waals surface area contributed by atoms with E-state index in [1.54, 1.807) is 18.2 Å². The molecule has 1 atom stereocenters. The fourth-order valence-electron chi connectivity index (χ4n) is 1.70. The van der Waals surface area contributed by atoms with Crippen molar-refractivity contribution in [2.75, 3.05) is 7.05 Å². The Balaban J connectivity index is 2.26. The lowest BCUT2D eigenvalue weighted by atomic mass is 10.2. The zero-order chi connectivity index (χ0) is 16.3. The normalized spacial score (nSPS) is 12.0. The second-order valence-corrected chi connectivity index (χ2v) is 6.76. The number of amides is 1. The highest BCUT2D eigenvalue weighted by molar-refractivity contribution is 8.02. The number of thiazole rings is 1. The number of rotatable bonds is 6. The molecule has 0 aliphatic carbocycles. The molecule has 0 saturated heterocycles. The number of nitrogens with one attached hydrogen (secondary N) is 1. The summed E-state index contributed by atoms with van der Waals surface area (Å²) in [5.41, 5.74) is 1.03. The first kappa shape index (κ1) is 16.2. The van der Waals surface area contributed by atoms with E-state index < -0.39 is 23.6 Å². The molecule has 0 spiro atoms. The van der Waals surface area contributed by atoms with Crippen molar-refractivity contribution in [2.24, 2.45) is 0 Å². The van der Waals surface area contributed by atoms with Gasteiger partial charge in [0.25, 0.3) is 5.91 Å². The molecular formula is C13H12N2O5S2. The molecule has 116 valence electrons. The smallest absolute Gasteiger partial charge is 0.317 e. The van der Waals surface area contributed by atoms with Gasteiger partial charge in [0.2, 0.25) is 0 Å². The number of thioether (sulfide) groups is 1. The molecule has 0 radical (unpaired) electrons. The molecule has 7 nitrogen and oxygen atoms in total. The third-order valence-corrected chi connectivity index (χ3v) is 5.05. The number of aromatic nitrogens is 1. The van der Waals surface area contributed by atoms with Crippen LogP contribution in [0.15, 0.2) is 22.5 Å². The van der Waals surface area contributed by atoms with Crippen LogP contribution in [0.3, 0.4) is 0 Å². The van der Waals surface area contributed by atoms with Gasteiger partial charge in [-0.15, -0.1) is 11.3 Å². The first-order valence-corrected chi connectivity index (χ1v) is 7.84. The van der Waals surface area contributed by atoms with Crippen LogP contribution in [0.25, 0.3) is 10.2 Å². The lowest BCUT2D eigenvalue weighted by molar-refractivity contribution is -0.142. The van der Waals surface area contributed by atoms with Crippen molar-refractivity contribution in [3.63, 3.8) is 0 Å². The third kappa shape index (κ3) is 3.74. The number of fused-ring (bicyclic) bond motifs is 1. The highest BCUT2D eigenvalue weighted by atomic mass is 32.2. The fraction of sp³-hybridized carbons (Fsp3) is 0.231. The van der Waals surface area contributed by atoms with Crippen LogP contribution in [-0.2, 0) is 9.59 Å². The maximum absolute atomic E-state index is 11.6. The van der Waals surface area contributed by atoms with Crippen LogP contribution < -0.4 is 5.32 Å². The third-order valence-electron chi connectivity index (χ3n) is 2.74. The molecule has 2 rings (SSSR count). The summed E-state index contributed by atoms with van der Waals surface area (Å²) >= 11 is 2.16. The number of nitrogens with zero attached hydrogens (tertiary/aromatic N) is 1. The Morgan fingerprint density at radius 3 is 2.68 bits per heavy atom. The second kappa shape index (κ2) is 6.75. The summed E-state index contributed by atoms with van der Waals surface area (Å²) in [6, 6.07) is 5.00. The zero-order valence-corrected chi connectivity index (χ0v) is 13.0. The monoisotopic (exact) mass is 340 g/mol. The first-order valence-electron chi connectivity index (χ1n) is 6.14. The summed E-state index contributed by atoms with van der Waals surface area (Å²) in [5.74, 6) is -2.61. The summed E-state index contributed by atoms with van der Waals surface area (Å²) < 4.78 is 1.26. The molecule has 0 bridgehead atoms. The molecule has 0 saturated carbocycles. The number of aliphatic carboxylic acids is 2. The van der Waals surface area contributed by atoms with E-state index in [1.807, 2.05) is 0 Å². The van der Waals surface area contributed by atoms with Crippen LogP contribution in [0.1, 0.15) is 16.8 Å². The van der Waals surface area contributed by atoms with Crippen molar-refractivity contribution in [2.45, 2.75) is 16.0 Å². The Morgan fingerprint density at radius 2 is 2.09 bits per heavy atom. The van der Waals surface area contributed by atoms with Crippen LogP contribution in [0.5, 0.6) is 0 Å². The quantitative estimate of drug-likeness (QED) is 0.685. The van der Waals surface area contributed by atoms with Crippen molar-refractivity contribution in [1.82, 2.24) is 10.3 Å². The zero-order valence-electron chi connectivity index (χ0n) is 11.4. The summed E-state index contributed by atoms with van der Waals surface area (Å²) in [4.78, 5) is 37.6. The predicted molar refractivity (Wildman–Crippen MR) is 82.5 cm³/mol. The van der Waals surface area contributed by atoms with Gasteiger partial charge in [-0.2, -0.15) is 0 Å². The van der Waals surface area contributed by atoms with Gasteiger partial charge >= 0.3 is 11.9 Å². The van der Waals surface area contributed by atoms with Crippen molar-refractivity contribution in [1.29, 1.82) is 0 Å². The van der Waals surface area contributed by atoms with Crippen LogP contribution in [-0.4, -0.2) is 45.3 Å². The average molecular weight is 340 g/mol. The topological polar surface area (TPSA) is 117 Å². The van der Waals surface area contributed by atoms with Crippen LogP contribution in [0.2, 0.25) is 0 Å². The van der Waals surface area contributed by atoms with Gasteiger partial charge in [-0.1, -0.05) is 11.8 Å². The van der Waals surface area contributed by atoms with Gasteiger partial charge in [-0.05, 0) is 18.2 Å². The van der Waals surface area contributed by atoms with Gasteiger partial charge in [-0.25, -0.2) is 4.98 Å². The summed E-state index contributed by atoms with van der Waals surface area (Å²) in [6.45, 7) is 0. The van der Waals surface area contributed by atoms with Crippen LogP contribution in [0.4, 0.5) is 0 Å². The van der Waals surface area contributed by atoms with E-state index in [0.717, 1.165) is 16.5 Å². The lowest BCUT2D eigenvalue weighted by Crippen LogP contribution is -2.20. The van der Waals surface area contributed by atoms with E-state index in [9.17, 15) is 14.4 Å². The van der Waals surface area contributed by atoms with Gasteiger partial charge in [0.15, 0.2) is 4.34 Å². The van der Waals surface area contributed by atoms with Crippen LogP contribution >= 0.6 is 23.1 Å². The fourth-order valence-corrected chi connectivity index (χ4v) is 3.91. The average Bonchev–Trinajstić information content (AvgIpc) is 2.86. The highest BCUT2D eigenvalue weighted by Gasteiger charge is 2.24. The molecule has 1 unspecified atom stereocenters. The molecule has 22 heavy (non-hydrogen) atoms. The molecule has 3 N–H and O–H groups in total. The van der Waals surface area contributed by atoms with Crippen molar-refractivity contribution in [3.8, 4) is 0 Å². The van der Waals surface area contributed by atoms with Crippen molar-refractivity contribution < 1.29 is 24.6 Å². The van der Waals surface area contributed by atoms with E-state index in [4.69, 9.17) is 10.2 Å². The van der Waals surface area contributed by atoms with Gasteiger partial charge in [0.05, 0.1) is 16.6 Å². The SMILES string of the molecule is CNC(=O)c1ccc2sc(SC(CC(=O)O)C(=O)O)nc2c1. The number of hydrogen-bond acceptors (Lipinski definition) is 6. The van der Waals surface area contributed by atoms with Gasteiger partial charge < -0.3 is 15.5 Å². The van der Waals surface area contributed by atoms with E-state index in [0.29, 0.717) is 15.4 Å². The summed E-state index contributed by atoms with van der Waals surface area (Å²) in [5, 5.41) is 19.2. The Bertz CT molecular complexity index is 743. The molecule has 0 aliphatic rings. The number of carbonyl (C=O) groups is 3. The van der Waals surface area contributed by atoms with Gasteiger partial charge in [-0.3, -0.25) is 14.4 Å². The molecule has 1 amide bonds.